The van der Waals surface area contributed by atoms with Crippen LogP contribution in [-0.2, 0) is 11.3 Å². The lowest BCUT2D eigenvalue weighted by Gasteiger charge is -2.29. The van der Waals surface area contributed by atoms with Crippen molar-refractivity contribution in [2.75, 3.05) is 18.6 Å². The number of nitrogens with zero attached hydrogens (tertiary/aromatic N) is 1. The van der Waals surface area contributed by atoms with Crippen LogP contribution in [0, 0.1) is 0 Å². The van der Waals surface area contributed by atoms with Crippen LogP contribution in [0.5, 0.6) is 11.5 Å². The van der Waals surface area contributed by atoms with E-state index in [-0.39, 0.29) is 12.5 Å². The van der Waals surface area contributed by atoms with Crippen molar-refractivity contribution in [2.24, 2.45) is 0 Å². The Balaban J connectivity index is 1.98. The molecule has 0 saturated heterocycles. The second kappa shape index (κ2) is 5.77. The Morgan fingerprint density at radius 2 is 2.10 bits per heavy atom. The lowest BCUT2D eigenvalue weighted by Crippen LogP contribution is -2.38. The van der Waals surface area contributed by atoms with E-state index in [0.717, 1.165) is 27.2 Å². The molecular weight excluding hydrogens is 334 g/mol. The highest BCUT2D eigenvalue weighted by Gasteiger charge is 2.26. The molecule has 0 fully saturated rings. The van der Waals surface area contributed by atoms with Gasteiger partial charge in [0.05, 0.1) is 19.3 Å². The molecule has 3 rings (SSSR count). The van der Waals surface area contributed by atoms with Gasteiger partial charge in [0.25, 0.3) is 5.91 Å². The van der Waals surface area contributed by atoms with Gasteiger partial charge in [-0.2, -0.15) is 0 Å². The largest absolute Gasteiger partial charge is 0.496 e. The molecule has 108 valence electrons. The third kappa shape index (κ3) is 2.74. The first-order valence-corrected chi connectivity index (χ1v) is 7.33. The van der Waals surface area contributed by atoms with Crippen molar-refractivity contribution in [2.45, 2.75) is 6.54 Å². The standard InChI is InChI=1S/C16H14BrNO3/c1-20-14-7-6-12(17)8-11(14)9-18-13-4-2-3-5-15(13)21-10-16(18)19/h2-8H,9-10H2,1H3. The van der Waals surface area contributed by atoms with Crippen molar-refractivity contribution in [1.82, 2.24) is 0 Å². The van der Waals surface area contributed by atoms with Crippen LogP contribution in [0.3, 0.4) is 0 Å². The number of amides is 1. The molecule has 0 saturated carbocycles. The molecule has 5 heteroatoms. The molecule has 1 aliphatic rings. The molecule has 21 heavy (non-hydrogen) atoms. The first-order valence-electron chi connectivity index (χ1n) is 6.53. The Bertz CT molecular complexity index is 687. The summed E-state index contributed by atoms with van der Waals surface area (Å²) >= 11 is 3.45. The number of anilines is 1. The minimum atomic E-state index is -0.0595. The minimum Gasteiger partial charge on any atom is -0.496 e. The number of halogens is 1. The molecule has 0 unspecified atom stereocenters. The fourth-order valence-corrected chi connectivity index (χ4v) is 2.78. The zero-order chi connectivity index (χ0) is 14.8. The fraction of sp³-hybridized carbons (Fsp3) is 0.188. The van der Waals surface area contributed by atoms with E-state index in [2.05, 4.69) is 15.9 Å². The van der Waals surface area contributed by atoms with Crippen molar-refractivity contribution in [3.05, 3.63) is 52.5 Å². The van der Waals surface area contributed by atoms with E-state index in [1.54, 1.807) is 12.0 Å². The summed E-state index contributed by atoms with van der Waals surface area (Å²) in [4.78, 5) is 13.9. The molecule has 0 bridgehead atoms. The van der Waals surface area contributed by atoms with Gasteiger partial charge >= 0.3 is 0 Å². The van der Waals surface area contributed by atoms with Gasteiger partial charge in [-0.15, -0.1) is 0 Å². The van der Waals surface area contributed by atoms with Crippen LogP contribution in [0.2, 0.25) is 0 Å². The molecule has 0 radical (unpaired) electrons. The monoisotopic (exact) mass is 347 g/mol. The maximum absolute atomic E-state index is 12.2. The summed E-state index contributed by atoms with van der Waals surface area (Å²) in [6, 6.07) is 13.3. The van der Waals surface area contributed by atoms with Crippen molar-refractivity contribution >= 4 is 27.5 Å². The molecule has 0 atom stereocenters. The zero-order valence-electron chi connectivity index (χ0n) is 11.5. The van der Waals surface area contributed by atoms with Gasteiger partial charge in [-0.05, 0) is 30.3 Å². The number of carbonyl (C=O) groups excluding carboxylic acids is 1. The molecule has 0 spiro atoms. The number of benzene rings is 2. The third-order valence-electron chi connectivity index (χ3n) is 3.38. The SMILES string of the molecule is COc1ccc(Br)cc1CN1C(=O)COc2ccccc21. The van der Waals surface area contributed by atoms with E-state index in [1.807, 2.05) is 42.5 Å². The minimum absolute atomic E-state index is 0.0595. The van der Waals surface area contributed by atoms with Crippen molar-refractivity contribution in [1.29, 1.82) is 0 Å². The molecule has 4 nitrogen and oxygen atoms in total. The highest BCUT2D eigenvalue weighted by atomic mass is 79.9. The number of fused-ring (bicyclic) bond motifs is 1. The second-order valence-corrected chi connectivity index (χ2v) is 5.61. The van der Waals surface area contributed by atoms with Gasteiger partial charge in [-0.1, -0.05) is 28.1 Å². The average Bonchev–Trinajstić information content (AvgIpc) is 2.50. The predicted octanol–water partition coefficient (Wildman–Crippen LogP) is 3.38. The number of carbonyl (C=O) groups is 1. The maximum Gasteiger partial charge on any atom is 0.265 e. The second-order valence-electron chi connectivity index (χ2n) is 4.69. The van der Waals surface area contributed by atoms with E-state index < -0.39 is 0 Å². The van der Waals surface area contributed by atoms with Gasteiger partial charge in [-0.3, -0.25) is 4.79 Å². The molecule has 1 heterocycles. The Morgan fingerprint density at radius 3 is 2.90 bits per heavy atom. The van der Waals surface area contributed by atoms with E-state index in [4.69, 9.17) is 9.47 Å². The number of para-hydroxylation sites is 2. The van der Waals surface area contributed by atoms with Gasteiger partial charge in [0.1, 0.15) is 11.5 Å². The lowest BCUT2D eigenvalue weighted by atomic mass is 10.1. The predicted molar refractivity (Wildman–Crippen MR) is 83.8 cm³/mol. The normalized spacial score (nSPS) is 13.6. The lowest BCUT2D eigenvalue weighted by molar-refractivity contribution is -0.121. The molecule has 0 aromatic heterocycles. The first kappa shape index (κ1) is 13.9. The number of methoxy groups -OCH3 is 1. The summed E-state index contributed by atoms with van der Waals surface area (Å²) in [6.45, 7) is 0.509. The summed E-state index contributed by atoms with van der Waals surface area (Å²) in [6.07, 6.45) is 0. The van der Waals surface area contributed by atoms with Crippen LogP contribution in [-0.4, -0.2) is 19.6 Å². The van der Waals surface area contributed by atoms with Gasteiger partial charge < -0.3 is 14.4 Å². The van der Waals surface area contributed by atoms with E-state index in [0.29, 0.717) is 6.54 Å². The quantitative estimate of drug-likeness (QED) is 0.854. The van der Waals surface area contributed by atoms with E-state index in [1.165, 1.54) is 0 Å². The summed E-state index contributed by atoms with van der Waals surface area (Å²) < 4.78 is 11.8. The Hall–Kier alpha value is -2.01. The smallest absolute Gasteiger partial charge is 0.265 e. The molecule has 1 amide bonds. The van der Waals surface area contributed by atoms with E-state index in [9.17, 15) is 4.79 Å². The Kier molecular flexibility index (Phi) is 3.84. The van der Waals surface area contributed by atoms with Crippen LogP contribution in [0.25, 0.3) is 0 Å². The molecule has 2 aromatic carbocycles. The number of rotatable bonds is 3. The number of ether oxygens (including phenoxy) is 2. The van der Waals surface area contributed by atoms with Crippen LogP contribution in [0.4, 0.5) is 5.69 Å². The molecule has 2 aromatic rings. The summed E-state index contributed by atoms with van der Waals surface area (Å²) in [5, 5.41) is 0. The van der Waals surface area contributed by atoms with Gasteiger partial charge in [0, 0.05) is 10.0 Å². The molecule has 0 aliphatic carbocycles. The maximum atomic E-state index is 12.2. The summed E-state index contributed by atoms with van der Waals surface area (Å²) in [5.41, 5.74) is 1.73. The fourth-order valence-electron chi connectivity index (χ4n) is 2.37. The number of hydrogen-bond acceptors (Lipinski definition) is 3. The highest BCUT2D eigenvalue weighted by molar-refractivity contribution is 9.10. The van der Waals surface area contributed by atoms with Crippen molar-refractivity contribution < 1.29 is 14.3 Å². The highest BCUT2D eigenvalue weighted by Crippen LogP contribution is 2.34. The van der Waals surface area contributed by atoms with Crippen LogP contribution >= 0.6 is 15.9 Å². The number of hydrogen-bond donors (Lipinski definition) is 0. The zero-order valence-corrected chi connectivity index (χ0v) is 13.1. The van der Waals surface area contributed by atoms with Crippen molar-refractivity contribution in [3.63, 3.8) is 0 Å². The van der Waals surface area contributed by atoms with Crippen LogP contribution in [0.1, 0.15) is 5.56 Å². The first-order chi connectivity index (χ1) is 10.2. The van der Waals surface area contributed by atoms with E-state index >= 15 is 0 Å². The van der Waals surface area contributed by atoms with Crippen molar-refractivity contribution in [3.8, 4) is 11.5 Å². The van der Waals surface area contributed by atoms with Gasteiger partial charge in [0.2, 0.25) is 0 Å². The molecule has 1 aliphatic heterocycles. The topological polar surface area (TPSA) is 38.8 Å². The van der Waals surface area contributed by atoms with Crippen LogP contribution in [0.15, 0.2) is 46.9 Å². The molecular formula is C16H14BrNO3. The Morgan fingerprint density at radius 1 is 1.29 bits per heavy atom. The van der Waals surface area contributed by atoms with Gasteiger partial charge in [-0.25, -0.2) is 0 Å². The summed E-state index contributed by atoms with van der Waals surface area (Å²) in [7, 11) is 1.63. The third-order valence-corrected chi connectivity index (χ3v) is 3.87. The summed E-state index contributed by atoms with van der Waals surface area (Å²) in [5.74, 6) is 1.43. The Labute approximate surface area is 131 Å². The average molecular weight is 348 g/mol. The molecule has 0 N–H and O–H groups in total. The van der Waals surface area contributed by atoms with Crippen LogP contribution < -0.4 is 14.4 Å². The van der Waals surface area contributed by atoms with Gasteiger partial charge in [0.15, 0.2) is 6.61 Å².